The molecule has 0 bridgehead atoms. The third-order valence-corrected chi connectivity index (χ3v) is 5.00. The first-order valence-electron chi connectivity index (χ1n) is 7.19. The summed E-state index contributed by atoms with van der Waals surface area (Å²) in [6.07, 6.45) is 8.65. The normalized spacial score (nSPS) is 21.5. The molecule has 4 nitrogen and oxygen atoms in total. The van der Waals surface area contributed by atoms with Crippen LogP contribution >= 0.6 is 11.3 Å². The first kappa shape index (κ1) is 13.1. The van der Waals surface area contributed by atoms with Gasteiger partial charge in [0, 0.05) is 24.2 Å². The maximum Gasteiger partial charge on any atom is 0.240 e. The Balaban J connectivity index is 1.58. The van der Waals surface area contributed by atoms with E-state index in [4.69, 9.17) is 0 Å². The molecular formula is C14H21N3OS. The predicted octanol–water partition coefficient (Wildman–Crippen LogP) is 2.07. The van der Waals surface area contributed by atoms with Crippen molar-refractivity contribution in [3.05, 3.63) is 16.6 Å². The molecule has 0 unspecified atom stereocenters. The van der Waals surface area contributed by atoms with Gasteiger partial charge >= 0.3 is 0 Å². The standard InChI is InChI=1S/C14H21N3OS/c18-13(16-7-11-3-4-11)14(5-1-2-6-14)17-9-12-8-15-10-19-12/h8,10-11,17H,1-7,9H2,(H,16,18). The van der Waals surface area contributed by atoms with E-state index in [-0.39, 0.29) is 11.4 Å². The molecule has 0 spiro atoms. The zero-order valence-electron chi connectivity index (χ0n) is 11.2. The van der Waals surface area contributed by atoms with Gasteiger partial charge in [-0.25, -0.2) is 0 Å². The van der Waals surface area contributed by atoms with E-state index in [2.05, 4.69) is 15.6 Å². The quantitative estimate of drug-likeness (QED) is 0.838. The van der Waals surface area contributed by atoms with E-state index < -0.39 is 0 Å². The number of nitrogens with one attached hydrogen (secondary N) is 2. The van der Waals surface area contributed by atoms with Crippen molar-refractivity contribution in [2.45, 2.75) is 50.6 Å². The number of aromatic nitrogens is 1. The molecule has 0 saturated heterocycles. The van der Waals surface area contributed by atoms with Crippen LogP contribution in [0.2, 0.25) is 0 Å². The summed E-state index contributed by atoms with van der Waals surface area (Å²) in [4.78, 5) is 17.7. The van der Waals surface area contributed by atoms with Crippen LogP contribution in [0.1, 0.15) is 43.4 Å². The van der Waals surface area contributed by atoms with Gasteiger partial charge in [0.05, 0.1) is 11.0 Å². The van der Waals surface area contributed by atoms with Crippen LogP contribution in [0.25, 0.3) is 0 Å². The Labute approximate surface area is 118 Å². The molecule has 2 N–H and O–H groups in total. The number of nitrogens with zero attached hydrogens (tertiary/aromatic N) is 1. The van der Waals surface area contributed by atoms with Crippen molar-refractivity contribution in [1.29, 1.82) is 0 Å². The maximum atomic E-state index is 12.5. The highest BCUT2D eigenvalue weighted by Gasteiger charge is 2.41. The Hall–Kier alpha value is -0.940. The molecule has 0 aromatic carbocycles. The second-order valence-electron chi connectivity index (χ2n) is 5.76. The van der Waals surface area contributed by atoms with Gasteiger partial charge in [0.15, 0.2) is 0 Å². The first-order valence-corrected chi connectivity index (χ1v) is 8.07. The Morgan fingerprint density at radius 2 is 2.21 bits per heavy atom. The number of amides is 1. The fourth-order valence-electron chi connectivity index (χ4n) is 2.78. The molecular weight excluding hydrogens is 258 g/mol. The molecule has 2 aliphatic rings. The topological polar surface area (TPSA) is 54.0 Å². The van der Waals surface area contributed by atoms with E-state index >= 15 is 0 Å². The lowest BCUT2D eigenvalue weighted by Gasteiger charge is -2.29. The molecule has 1 heterocycles. The smallest absolute Gasteiger partial charge is 0.240 e. The van der Waals surface area contributed by atoms with Gasteiger partial charge in [0.1, 0.15) is 0 Å². The van der Waals surface area contributed by atoms with Gasteiger partial charge in [-0.1, -0.05) is 12.8 Å². The third kappa shape index (κ3) is 3.15. The Morgan fingerprint density at radius 1 is 1.42 bits per heavy atom. The van der Waals surface area contributed by atoms with E-state index in [1.807, 2.05) is 11.7 Å². The molecule has 0 atom stereocenters. The zero-order chi connectivity index (χ0) is 13.1. The highest BCUT2D eigenvalue weighted by atomic mass is 32.1. The van der Waals surface area contributed by atoms with Gasteiger partial charge in [-0.2, -0.15) is 0 Å². The minimum absolute atomic E-state index is 0.210. The number of carbonyl (C=O) groups excluding carboxylic acids is 1. The molecule has 19 heavy (non-hydrogen) atoms. The van der Waals surface area contributed by atoms with Crippen molar-refractivity contribution in [3.8, 4) is 0 Å². The third-order valence-electron chi connectivity index (χ3n) is 4.22. The van der Waals surface area contributed by atoms with Crippen LogP contribution in [0.4, 0.5) is 0 Å². The molecule has 0 aliphatic heterocycles. The van der Waals surface area contributed by atoms with Crippen LogP contribution in [0.5, 0.6) is 0 Å². The minimum atomic E-state index is -0.334. The van der Waals surface area contributed by atoms with E-state index in [0.29, 0.717) is 0 Å². The Kier molecular flexibility index (Phi) is 3.84. The summed E-state index contributed by atoms with van der Waals surface area (Å²) < 4.78 is 0. The van der Waals surface area contributed by atoms with Crippen molar-refractivity contribution < 1.29 is 4.79 Å². The first-order chi connectivity index (χ1) is 9.28. The molecule has 5 heteroatoms. The predicted molar refractivity (Wildman–Crippen MR) is 75.9 cm³/mol. The van der Waals surface area contributed by atoms with E-state index in [1.54, 1.807) is 11.3 Å². The van der Waals surface area contributed by atoms with Gasteiger partial charge in [0.25, 0.3) is 0 Å². The summed E-state index contributed by atoms with van der Waals surface area (Å²) in [5.41, 5.74) is 1.50. The van der Waals surface area contributed by atoms with Crippen molar-refractivity contribution in [2.75, 3.05) is 6.54 Å². The fourth-order valence-corrected chi connectivity index (χ4v) is 3.31. The summed E-state index contributed by atoms with van der Waals surface area (Å²) in [5.74, 6) is 0.949. The maximum absolute atomic E-state index is 12.5. The number of carbonyl (C=O) groups is 1. The molecule has 2 saturated carbocycles. The van der Waals surface area contributed by atoms with E-state index in [0.717, 1.165) is 44.7 Å². The number of hydrogen-bond donors (Lipinski definition) is 2. The molecule has 1 aromatic heterocycles. The molecule has 2 fully saturated rings. The van der Waals surface area contributed by atoms with Crippen molar-refractivity contribution in [1.82, 2.24) is 15.6 Å². The van der Waals surface area contributed by atoms with Crippen molar-refractivity contribution in [3.63, 3.8) is 0 Å². The number of hydrogen-bond acceptors (Lipinski definition) is 4. The number of rotatable bonds is 6. The molecule has 1 aromatic rings. The van der Waals surface area contributed by atoms with Gasteiger partial charge in [-0.05, 0) is 31.6 Å². The molecule has 104 valence electrons. The fraction of sp³-hybridized carbons (Fsp3) is 0.714. The van der Waals surface area contributed by atoms with E-state index in [9.17, 15) is 4.79 Å². The van der Waals surface area contributed by atoms with Crippen molar-refractivity contribution in [2.24, 2.45) is 5.92 Å². The lowest BCUT2D eigenvalue weighted by Crippen LogP contribution is -2.55. The lowest BCUT2D eigenvalue weighted by molar-refractivity contribution is -0.127. The second kappa shape index (κ2) is 5.59. The SMILES string of the molecule is O=C(NCC1CC1)C1(NCc2cncs2)CCCC1. The van der Waals surface area contributed by atoms with Gasteiger partial charge in [-0.15, -0.1) is 11.3 Å². The molecule has 1 amide bonds. The highest BCUT2D eigenvalue weighted by Crippen LogP contribution is 2.32. The second-order valence-corrected chi connectivity index (χ2v) is 6.73. The van der Waals surface area contributed by atoms with Gasteiger partial charge in [-0.3, -0.25) is 15.1 Å². The monoisotopic (exact) mass is 279 g/mol. The molecule has 0 radical (unpaired) electrons. The molecule has 3 rings (SSSR count). The summed E-state index contributed by atoms with van der Waals surface area (Å²) in [5, 5.41) is 6.64. The molecule has 2 aliphatic carbocycles. The average molecular weight is 279 g/mol. The van der Waals surface area contributed by atoms with Crippen LogP contribution in [0.3, 0.4) is 0 Å². The number of thiazole rings is 1. The minimum Gasteiger partial charge on any atom is -0.354 e. The van der Waals surface area contributed by atoms with Crippen LogP contribution in [0, 0.1) is 5.92 Å². The summed E-state index contributed by atoms with van der Waals surface area (Å²) >= 11 is 1.64. The largest absolute Gasteiger partial charge is 0.354 e. The van der Waals surface area contributed by atoms with Gasteiger partial charge < -0.3 is 5.32 Å². The summed E-state index contributed by atoms with van der Waals surface area (Å²) in [6, 6.07) is 0. The van der Waals surface area contributed by atoms with Gasteiger partial charge in [0.2, 0.25) is 5.91 Å². The van der Waals surface area contributed by atoms with Crippen LogP contribution in [-0.2, 0) is 11.3 Å². The highest BCUT2D eigenvalue weighted by molar-refractivity contribution is 7.09. The van der Waals surface area contributed by atoms with Crippen LogP contribution in [-0.4, -0.2) is 23.0 Å². The Bertz CT molecular complexity index is 422. The van der Waals surface area contributed by atoms with Crippen LogP contribution in [0.15, 0.2) is 11.7 Å². The zero-order valence-corrected chi connectivity index (χ0v) is 12.0. The van der Waals surface area contributed by atoms with Crippen LogP contribution < -0.4 is 10.6 Å². The Morgan fingerprint density at radius 3 is 2.84 bits per heavy atom. The summed E-state index contributed by atoms with van der Waals surface area (Å²) in [7, 11) is 0. The van der Waals surface area contributed by atoms with Crippen molar-refractivity contribution >= 4 is 17.2 Å². The summed E-state index contributed by atoms with van der Waals surface area (Å²) in [6.45, 7) is 1.62. The van der Waals surface area contributed by atoms with E-state index in [1.165, 1.54) is 17.7 Å². The average Bonchev–Trinajstić information content (AvgIpc) is 2.93. The lowest BCUT2D eigenvalue weighted by atomic mass is 9.96.